The smallest absolute Gasteiger partial charge is 0.148 e. The highest BCUT2D eigenvalue weighted by molar-refractivity contribution is 5.30. The number of nitrogens with zero attached hydrogens (tertiary/aromatic N) is 2. The highest BCUT2D eigenvalue weighted by Crippen LogP contribution is 1.97. The lowest BCUT2D eigenvalue weighted by atomic mass is 10.2. The fraction of sp³-hybridized carbons (Fsp3) is 0.600. The van der Waals surface area contributed by atoms with Crippen molar-refractivity contribution in [3.63, 3.8) is 0 Å². The van der Waals surface area contributed by atoms with Gasteiger partial charge in [0.15, 0.2) is 0 Å². The summed E-state index contributed by atoms with van der Waals surface area (Å²) in [4.78, 5) is 0. The van der Waals surface area contributed by atoms with E-state index in [-0.39, 0.29) is 0 Å². The van der Waals surface area contributed by atoms with E-state index in [2.05, 4.69) is 29.4 Å². The lowest BCUT2D eigenvalue weighted by Gasteiger charge is -2.07. The van der Waals surface area contributed by atoms with Gasteiger partial charge in [-0.2, -0.15) is 5.10 Å². The van der Waals surface area contributed by atoms with Gasteiger partial charge in [0.2, 0.25) is 0 Å². The van der Waals surface area contributed by atoms with E-state index in [0.717, 1.165) is 19.0 Å². The molecule has 0 bridgehead atoms. The summed E-state index contributed by atoms with van der Waals surface area (Å²) in [6.45, 7) is 6.55. The van der Waals surface area contributed by atoms with E-state index in [4.69, 9.17) is 4.74 Å². The molecule has 0 aliphatic rings. The number of anilines is 1. The number of ether oxygens (including phenoxy) is 1. The molecule has 1 aromatic heterocycles. The van der Waals surface area contributed by atoms with Crippen LogP contribution in [0.1, 0.15) is 13.8 Å². The van der Waals surface area contributed by atoms with Gasteiger partial charge in [-0.3, -0.25) is 0 Å². The van der Waals surface area contributed by atoms with Gasteiger partial charge in [0.05, 0.1) is 6.61 Å². The second-order valence-electron chi connectivity index (χ2n) is 3.50. The maximum absolute atomic E-state index is 5.41. The third kappa shape index (κ3) is 4.77. The summed E-state index contributed by atoms with van der Waals surface area (Å²) in [7, 11) is 0. The van der Waals surface area contributed by atoms with E-state index in [1.807, 2.05) is 12.1 Å². The van der Waals surface area contributed by atoms with E-state index in [1.165, 1.54) is 0 Å². The van der Waals surface area contributed by atoms with Crippen LogP contribution in [0.2, 0.25) is 0 Å². The van der Waals surface area contributed by atoms with Crippen molar-refractivity contribution in [3.05, 3.63) is 18.3 Å². The van der Waals surface area contributed by atoms with Crippen molar-refractivity contribution in [3.8, 4) is 0 Å². The standard InChI is InChI=1S/C10H17N3O/c1-9(2)8-14-7-6-11-10-4-3-5-12-13-10/h3-5,9H,6-8H2,1-2H3,(H,11,13). The highest BCUT2D eigenvalue weighted by Gasteiger charge is 1.94. The van der Waals surface area contributed by atoms with Crippen molar-refractivity contribution in [1.29, 1.82) is 0 Å². The van der Waals surface area contributed by atoms with Gasteiger partial charge in [-0.15, -0.1) is 5.10 Å². The quantitative estimate of drug-likeness (QED) is 0.700. The fourth-order valence-electron chi connectivity index (χ4n) is 0.966. The van der Waals surface area contributed by atoms with Gasteiger partial charge >= 0.3 is 0 Å². The second kappa shape index (κ2) is 6.32. The summed E-state index contributed by atoms with van der Waals surface area (Å²) in [6.07, 6.45) is 1.65. The monoisotopic (exact) mass is 195 g/mol. The maximum Gasteiger partial charge on any atom is 0.148 e. The van der Waals surface area contributed by atoms with Crippen LogP contribution < -0.4 is 5.32 Å². The van der Waals surface area contributed by atoms with Gasteiger partial charge in [-0.1, -0.05) is 13.8 Å². The molecule has 1 N–H and O–H groups in total. The Balaban J connectivity index is 2.05. The molecule has 14 heavy (non-hydrogen) atoms. The Morgan fingerprint density at radius 3 is 3.00 bits per heavy atom. The van der Waals surface area contributed by atoms with Crippen LogP contribution >= 0.6 is 0 Å². The van der Waals surface area contributed by atoms with Crippen molar-refractivity contribution in [1.82, 2.24) is 10.2 Å². The third-order valence-corrected chi connectivity index (χ3v) is 1.58. The largest absolute Gasteiger partial charge is 0.379 e. The third-order valence-electron chi connectivity index (χ3n) is 1.58. The lowest BCUT2D eigenvalue weighted by Crippen LogP contribution is -2.12. The van der Waals surface area contributed by atoms with Crippen LogP contribution in [0.25, 0.3) is 0 Å². The lowest BCUT2D eigenvalue weighted by molar-refractivity contribution is 0.118. The van der Waals surface area contributed by atoms with Crippen LogP contribution in [0.15, 0.2) is 18.3 Å². The molecule has 0 aliphatic carbocycles. The van der Waals surface area contributed by atoms with Crippen LogP contribution in [0.4, 0.5) is 5.82 Å². The summed E-state index contributed by atoms with van der Waals surface area (Å²) >= 11 is 0. The zero-order valence-electron chi connectivity index (χ0n) is 8.73. The Morgan fingerprint density at radius 2 is 2.36 bits per heavy atom. The number of hydrogen-bond donors (Lipinski definition) is 1. The van der Waals surface area contributed by atoms with E-state index in [9.17, 15) is 0 Å². The molecule has 78 valence electrons. The van der Waals surface area contributed by atoms with E-state index < -0.39 is 0 Å². The maximum atomic E-state index is 5.41. The Morgan fingerprint density at radius 1 is 1.50 bits per heavy atom. The summed E-state index contributed by atoms with van der Waals surface area (Å²) in [5.41, 5.74) is 0. The molecule has 0 radical (unpaired) electrons. The van der Waals surface area contributed by atoms with Crippen molar-refractivity contribution >= 4 is 5.82 Å². The molecule has 1 heterocycles. The SMILES string of the molecule is CC(C)COCCNc1cccnn1. The van der Waals surface area contributed by atoms with Crippen molar-refractivity contribution < 1.29 is 4.74 Å². The number of hydrogen-bond acceptors (Lipinski definition) is 4. The Labute approximate surface area is 84.7 Å². The highest BCUT2D eigenvalue weighted by atomic mass is 16.5. The summed E-state index contributed by atoms with van der Waals surface area (Å²) < 4.78 is 5.41. The molecule has 0 unspecified atom stereocenters. The Kier molecular flexibility index (Phi) is 4.93. The average molecular weight is 195 g/mol. The molecule has 0 aliphatic heterocycles. The topological polar surface area (TPSA) is 47.0 Å². The van der Waals surface area contributed by atoms with Gasteiger partial charge in [0, 0.05) is 19.3 Å². The van der Waals surface area contributed by atoms with E-state index >= 15 is 0 Å². The molecule has 4 nitrogen and oxygen atoms in total. The van der Waals surface area contributed by atoms with E-state index in [1.54, 1.807) is 6.20 Å². The molecule has 4 heteroatoms. The minimum Gasteiger partial charge on any atom is -0.379 e. The fourth-order valence-corrected chi connectivity index (χ4v) is 0.966. The summed E-state index contributed by atoms with van der Waals surface area (Å²) in [5, 5.41) is 10.8. The molecule has 0 amide bonds. The number of nitrogens with one attached hydrogen (secondary N) is 1. The van der Waals surface area contributed by atoms with Crippen LogP contribution in [-0.2, 0) is 4.74 Å². The minimum atomic E-state index is 0.589. The first-order valence-corrected chi connectivity index (χ1v) is 4.88. The molecular formula is C10H17N3O. The molecule has 0 fully saturated rings. The molecule has 0 spiro atoms. The minimum absolute atomic E-state index is 0.589. The average Bonchev–Trinajstić information content (AvgIpc) is 2.18. The molecular weight excluding hydrogens is 178 g/mol. The zero-order valence-corrected chi connectivity index (χ0v) is 8.73. The number of aromatic nitrogens is 2. The van der Waals surface area contributed by atoms with Crippen molar-refractivity contribution in [2.45, 2.75) is 13.8 Å². The van der Waals surface area contributed by atoms with Crippen molar-refractivity contribution in [2.24, 2.45) is 5.92 Å². The van der Waals surface area contributed by atoms with E-state index in [0.29, 0.717) is 12.5 Å². The predicted octanol–water partition coefficient (Wildman–Crippen LogP) is 1.56. The summed E-state index contributed by atoms with van der Waals surface area (Å²) in [6, 6.07) is 3.74. The zero-order chi connectivity index (χ0) is 10.2. The summed E-state index contributed by atoms with van der Waals surface area (Å²) in [5.74, 6) is 1.38. The van der Waals surface area contributed by atoms with Crippen LogP contribution in [0, 0.1) is 5.92 Å². The first-order chi connectivity index (χ1) is 6.79. The Bertz CT molecular complexity index is 238. The first kappa shape index (κ1) is 10.9. The number of rotatable bonds is 6. The molecule has 1 aromatic rings. The Hall–Kier alpha value is -1.16. The molecule has 0 saturated carbocycles. The van der Waals surface area contributed by atoms with Gasteiger partial charge in [-0.25, -0.2) is 0 Å². The normalized spacial score (nSPS) is 10.5. The molecule has 0 aromatic carbocycles. The van der Waals surface area contributed by atoms with Crippen LogP contribution in [0.5, 0.6) is 0 Å². The predicted molar refractivity (Wildman–Crippen MR) is 56.2 cm³/mol. The van der Waals surface area contributed by atoms with Gasteiger partial charge in [0.1, 0.15) is 5.82 Å². The van der Waals surface area contributed by atoms with Crippen LogP contribution in [0.3, 0.4) is 0 Å². The van der Waals surface area contributed by atoms with Gasteiger partial charge in [0.25, 0.3) is 0 Å². The van der Waals surface area contributed by atoms with Gasteiger partial charge < -0.3 is 10.1 Å². The molecule has 0 atom stereocenters. The molecule has 1 rings (SSSR count). The van der Waals surface area contributed by atoms with Crippen molar-refractivity contribution in [2.75, 3.05) is 25.1 Å². The second-order valence-corrected chi connectivity index (χ2v) is 3.50. The van der Waals surface area contributed by atoms with Crippen LogP contribution in [-0.4, -0.2) is 30.0 Å². The molecule has 0 saturated heterocycles. The first-order valence-electron chi connectivity index (χ1n) is 4.88. The van der Waals surface area contributed by atoms with Gasteiger partial charge in [-0.05, 0) is 18.1 Å².